The van der Waals surface area contributed by atoms with E-state index in [2.05, 4.69) is 5.32 Å². The number of nitrogens with zero attached hydrogens (tertiary/aromatic N) is 1. The highest BCUT2D eigenvalue weighted by Gasteiger charge is 2.23. The first kappa shape index (κ1) is 17.4. The van der Waals surface area contributed by atoms with Gasteiger partial charge >= 0.3 is 5.97 Å². The third-order valence-corrected chi connectivity index (χ3v) is 3.86. The average molecular weight is 320 g/mol. The summed E-state index contributed by atoms with van der Waals surface area (Å²) in [5.41, 5.74) is 1.13. The molecule has 0 aromatic heterocycles. The van der Waals surface area contributed by atoms with E-state index < -0.39 is 12.0 Å². The van der Waals surface area contributed by atoms with Crippen LogP contribution in [0.5, 0.6) is 0 Å². The summed E-state index contributed by atoms with van der Waals surface area (Å²) in [5.74, 6) is -0.563. The van der Waals surface area contributed by atoms with Crippen LogP contribution in [0.2, 0.25) is 0 Å². The summed E-state index contributed by atoms with van der Waals surface area (Å²) in [7, 11) is 1.34. The molecule has 6 nitrogen and oxygen atoms in total. The highest BCUT2D eigenvalue weighted by molar-refractivity contribution is 5.85. The quantitative estimate of drug-likeness (QED) is 0.746. The van der Waals surface area contributed by atoms with Gasteiger partial charge in [-0.25, -0.2) is 4.79 Å². The molecular weight excluding hydrogens is 296 g/mol. The largest absolute Gasteiger partial charge is 0.467 e. The van der Waals surface area contributed by atoms with Gasteiger partial charge in [-0.1, -0.05) is 30.3 Å². The standard InChI is InChI=1S/C17H24N2O4/c1-22-17(21)15(8-7-14-5-3-2-4-6-14)18-16(20)13-19-9-11-23-12-10-19/h2-6,15H,7-13H2,1H3,(H,18,20)/t15-/m0/s1. The number of aryl methyl sites for hydroxylation is 1. The van der Waals surface area contributed by atoms with Crippen LogP contribution >= 0.6 is 0 Å². The maximum Gasteiger partial charge on any atom is 0.328 e. The van der Waals surface area contributed by atoms with E-state index in [0.29, 0.717) is 26.1 Å². The topological polar surface area (TPSA) is 67.9 Å². The molecule has 23 heavy (non-hydrogen) atoms. The zero-order valence-corrected chi connectivity index (χ0v) is 13.5. The molecule has 0 aliphatic carbocycles. The number of rotatable bonds is 7. The number of carbonyl (C=O) groups excluding carboxylic acids is 2. The number of methoxy groups -OCH3 is 1. The molecule has 1 amide bonds. The van der Waals surface area contributed by atoms with Crippen molar-refractivity contribution in [1.82, 2.24) is 10.2 Å². The monoisotopic (exact) mass is 320 g/mol. The van der Waals surface area contributed by atoms with Crippen molar-refractivity contribution < 1.29 is 19.1 Å². The minimum Gasteiger partial charge on any atom is -0.467 e. The summed E-state index contributed by atoms with van der Waals surface area (Å²) in [6.07, 6.45) is 1.23. The zero-order chi connectivity index (χ0) is 16.5. The van der Waals surface area contributed by atoms with E-state index in [9.17, 15) is 9.59 Å². The van der Waals surface area contributed by atoms with Gasteiger partial charge in [-0.15, -0.1) is 0 Å². The molecule has 0 radical (unpaired) electrons. The highest BCUT2D eigenvalue weighted by atomic mass is 16.5. The van der Waals surface area contributed by atoms with Crippen molar-refractivity contribution in [2.75, 3.05) is 40.0 Å². The summed E-state index contributed by atoms with van der Waals surface area (Å²) >= 11 is 0. The lowest BCUT2D eigenvalue weighted by Gasteiger charge is -2.26. The van der Waals surface area contributed by atoms with Crippen molar-refractivity contribution in [1.29, 1.82) is 0 Å². The molecule has 6 heteroatoms. The lowest BCUT2D eigenvalue weighted by Crippen LogP contribution is -2.48. The van der Waals surface area contributed by atoms with Crippen molar-refractivity contribution in [3.05, 3.63) is 35.9 Å². The van der Waals surface area contributed by atoms with E-state index in [4.69, 9.17) is 9.47 Å². The Morgan fingerprint density at radius 2 is 1.96 bits per heavy atom. The van der Waals surface area contributed by atoms with Crippen molar-refractivity contribution in [2.24, 2.45) is 0 Å². The number of morpholine rings is 1. The Hall–Kier alpha value is -1.92. The smallest absolute Gasteiger partial charge is 0.328 e. The Kier molecular flexibility index (Phi) is 7.03. The molecule has 1 N–H and O–H groups in total. The lowest BCUT2D eigenvalue weighted by molar-refractivity contribution is -0.145. The number of esters is 1. The molecule has 1 fully saturated rings. The minimum absolute atomic E-state index is 0.157. The first-order chi connectivity index (χ1) is 11.2. The van der Waals surface area contributed by atoms with Crippen LogP contribution < -0.4 is 5.32 Å². The molecule has 0 saturated carbocycles. The van der Waals surface area contributed by atoms with E-state index in [-0.39, 0.29) is 12.5 Å². The number of carbonyl (C=O) groups is 2. The van der Waals surface area contributed by atoms with Crippen molar-refractivity contribution in [3.8, 4) is 0 Å². The molecule has 0 spiro atoms. The van der Waals surface area contributed by atoms with Crippen LogP contribution in [0.15, 0.2) is 30.3 Å². The molecule has 126 valence electrons. The molecule has 1 aromatic rings. The van der Waals surface area contributed by atoms with Crippen molar-refractivity contribution in [2.45, 2.75) is 18.9 Å². The predicted molar refractivity (Wildman–Crippen MR) is 86.0 cm³/mol. The van der Waals surface area contributed by atoms with Gasteiger partial charge in [-0.05, 0) is 18.4 Å². The van der Waals surface area contributed by atoms with Crippen LogP contribution in [0.1, 0.15) is 12.0 Å². The predicted octanol–water partition coefficient (Wildman–Crippen LogP) is 0.609. The molecule has 1 aromatic carbocycles. The average Bonchev–Trinajstić information content (AvgIpc) is 2.59. The van der Waals surface area contributed by atoms with Crippen molar-refractivity contribution >= 4 is 11.9 Å². The SMILES string of the molecule is COC(=O)[C@H](CCc1ccccc1)NC(=O)CN1CCOCC1. The van der Waals surface area contributed by atoms with Gasteiger partial charge in [0.2, 0.25) is 5.91 Å². The molecule has 1 aliphatic heterocycles. The fraction of sp³-hybridized carbons (Fsp3) is 0.529. The molecular formula is C17H24N2O4. The van der Waals surface area contributed by atoms with Crippen LogP contribution in [-0.4, -0.2) is 62.8 Å². The number of ether oxygens (including phenoxy) is 2. The fourth-order valence-electron chi connectivity index (χ4n) is 2.55. The Balaban J connectivity index is 1.84. The second-order valence-electron chi connectivity index (χ2n) is 5.56. The number of hydrogen-bond donors (Lipinski definition) is 1. The number of hydrogen-bond acceptors (Lipinski definition) is 5. The van der Waals surface area contributed by atoms with E-state index in [1.165, 1.54) is 7.11 Å². The number of nitrogens with one attached hydrogen (secondary N) is 1. The fourth-order valence-corrected chi connectivity index (χ4v) is 2.55. The van der Waals surface area contributed by atoms with Gasteiger partial charge in [0.1, 0.15) is 6.04 Å². The van der Waals surface area contributed by atoms with Gasteiger partial charge < -0.3 is 14.8 Å². The normalized spacial score (nSPS) is 16.6. The highest BCUT2D eigenvalue weighted by Crippen LogP contribution is 2.06. The maximum absolute atomic E-state index is 12.2. The van der Waals surface area contributed by atoms with E-state index in [0.717, 1.165) is 18.7 Å². The second-order valence-corrected chi connectivity index (χ2v) is 5.56. The summed E-state index contributed by atoms with van der Waals surface area (Å²) in [5, 5.41) is 2.79. The number of amides is 1. The van der Waals surface area contributed by atoms with Gasteiger partial charge in [0.25, 0.3) is 0 Å². The third kappa shape index (κ3) is 6.00. The molecule has 0 unspecified atom stereocenters. The summed E-state index contributed by atoms with van der Waals surface area (Å²) in [6.45, 7) is 3.03. The van der Waals surface area contributed by atoms with Crippen LogP contribution in [0.25, 0.3) is 0 Å². The first-order valence-electron chi connectivity index (χ1n) is 7.90. The minimum atomic E-state index is -0.617. The Morgan fingerprint density at radius 3 is 2.61 bits per heavy atom. The maximum atomic E-state index is 12.2. The summed E-state index contributed by atoms with van der Waals surface area (Å²) in [4.78, 5) is 26.1. The van der Waals surface area contributed by atoms with Gasteiger partial charge in [0.15, 0.2) is 0 Å². The van der Waals surface area contributed by atoms with Gasteiger partial charge in [0, 0.05) is 13.1 Å². The van der Waals surface area contributed by atoms with Gasteiger partial charge in [-0.3, -0.25) is 9.69 Å². The molecule has 1 aliphatic rings. The van der Waals surface area contributed by atoms with E-state index >= 15 is 0 Å². The first-order valence-corrected chi connectivity index (χ1v) is 7.90. The summed E-state index contributed by atoms with van der Waals surface area (Å²) < 4.78 is 10.1. The molecule has 0 bridgehead atoms. The van der Waals surface area contributed by atoms with E-state index in [1.54, 1.807) is 0 Å². The van der Waals surface area contributed by atoms with Crippen LogP contribution in [0.3, 0.4) is 0 Å². The van der Waals surface area contributed by atoms with Crippen LogP contribution in [-0.2, 0) is 25.5 Å². The zero-order valence-electron chi connectivity index (χ0n) is 13.5. The molecule has 1 atom stereocenters. The molecule has 1 saturated heterocycles. The van der Waals surface area contributed by atoms with Crippen LogP contribution in [0.4, 0.5) is 0 Å². The second kappa shape index (κ2) is 9.27. The van der Waals surface area contributed by atoms with Crippen molar-refractivity contribution in [3.63, 3.8) is 0 Å². The number of benzene rings is 1. The third-order valence-electron chi connectivity index (χ3n) is 3.86. The summed E-state index contributed by atoms with van der Waals surface area (Å²) in [6, 6.07) is 9.26. The molecule has 2 rings (SSSR count). The Bertz CT molecular complexity index is 501. The Labute approximate surface area is 136 Å². The van der Waals surface area contributed by atoms with Gasteiger partial charge in [0.05, 0.1) is 26.9 Å². The van der Waals surface area contributed by atoms with E-state index in [1.807, 2.05) is 35.2 Å². The van der Waals surface area contributed by atoms with Crippen LogP contribution in [0, 0.1) is 0 Å². The van der Waals surface area contributed by atoms with Gasteiger partial charge in [-0.2, -0.15) is 0 Å². The molecule has 1 heterocycles. The Morgan fingerprint density at radius 1 is 1.26 bits per heavy atom. The lowest BCUT2D eigenvalue weighted by atomic mass is 10.1.